The van der Waals surface area contributed by atoms with Crippen molar-refractivity contribution in [1.29, 1.82) is 0 Å². The Morgan fingerprint density at radius 3 is 2.56 bits per heavy atom. The third-order valence-corrected chi connectivity index (χ3v) is 11.2. The first-order chi connectivity index (χ1) is 17.2. The van der Waals surface area contributed by atoms with E-state index in [0.717, 1.165) is 64.4 Å². The smallest absolute Gasteiger partial charge is 0.222 e. The van der Waals surface area contributed by atoms with Crippen LogP contribution >= 0.6 is 0 Å². The van der Waals surface area contributed by atoms with Crippen LogP contribution in [-0.2, 0) is 14.3 Å². The normalized spacial score (nSPS) is 39.9. The number of unbranched alkanes of at least 4 members (excludes halogenated alkanes) is 2. The molecule has 0 unspecified atom stereocenters. The van der Waals surface area contributed by atoms with E-state index in [0.29, 0.717) is 55.6 Å². The van der Waals surface area contributed by atoms with Crippen molar-refractivity contribution in [2.75, 3.05) is 26.3 Å². The number of ketones is 1. The van der Waals surface area contributed by atoms with Gasteiger partial charge in [-0.15, -0.1) is 0 Å². The van der Waals surface area contributed by atoms with Crippen molar-refractivity contribution in [3.63, 3.8) is 0 Å². The summed E-state index contributed by atoms with van der Waals surface area (Å²) in [6.45, 7) is 11.3. The van der Waals surface area contributed by atoms with Crippen molar-refractivity contribution in [1.82, 2.24) is 4.90 Å². The maximum absolute atomic E-state index is 13.0. The molecule has 4 aliphatic carbocycles. The monoisotopic (exact) mass is 503 g/mol. The fourth-order valence-corrected chi connectivity index (χ4v) is 8.99. The van der Waals surface area contributed by atoms with Gasteiger partial charge < -0.3 is 14.7 Å². The molecule has 4 rings (SSSR count). The van der Waals surface area contributed by atoms with Gasteiger partial charge in [-0.3, -0.25) is 9.59 Å². The molecule has 0 bridgehead atoms. The van der Waals surface area contributed by atoms with Crippen LogP contribution in [0, 0.1) is 34.5 Å². The molecule has 4 aliphatic rings. The summed E-state index contributed by atoms with van der Waals surface area (Å²) in [5.74, 6) is 3.10. The second-order valence-corrected chi connectivity index (χ2v) is 13.4. The van der Waals surface area contributed by atoms with Gasteiger partial charge in [0.2, 0.25) is 5.91 Å². The Hall–Kier alpha value is -0.940. The van der Waals surface area contributed by atoms with E-state index in [2.05, 4.69) is 20.8 Å². The van der Waals surface area contributed by atoms with Gasteiger partial charge in [-0.2, -0.15) is 0 Å². The number of rotatable bonds is 11. The summed E-state index contributed by atoms with van der Waals surface area (Å²) < 4.78 is 5.83. The van der Waals surface area contributed by atoms with Crippen LogP contribution in [0.2, 0.25) is 0 Å². The standard InChI is InChI=1S/C31H53NO4/c1-5-7-8-19-36-20-18-32(28(34)9-6-2)22-31(35)17-16-29(3)23(21-31)10-11-24-25-12-13-27(33)30(25,4)15-14-26(24)29/h23-26,35H,5-22H2,1-4H3/t23-,24-,25-,26-,29-,30-,31+/m0/s1. The molecular weight excluding hydrogens is 450 g/mol. The molecule has 0 radical (unpaired) electrons. The van der Waals surface area contributed by atoms with Gasteiger partial charge in [0.25, 0.3) is 0 Å². The van der Waals surface area contributed by atoms with Crippen LogP contribution in [0.5, 0.6) is 0 Å². The predicted molar refractivity (Wildman–Crippen MR) is 144 cm³/mol. The zero-order valence-electron chi connectivity index (χ0n) is 23.7. The van der Waals surface area contributed by atoms with Crippen LogP contribution in [0.25, 0.3) is 0 Å². The van der Waals surface area contributed by atoms with Gasteiger partial charge in [0, 0.05) is 38.0 Å². The van der Waals surface area contributed by atoms with E-state index in [9.17, 15) is 14.7 Å². The molecule has 0 spiro atoms. The summed E-state index contributed by atoms with van der Waals surface area (Å²) in [5.41, 5.74) is -0.615. The highest BCUT2D eigenvalue weighted by Crippen LogP contribution is 2.66. The lowest BCUT2D eigenvalue weighted by Crippen LogP contribution is -2.58. The number of carbonyl (C=O) groups is 2. The molecule has 0 aromatic heterocycles. The second-order valence-electron chi connectivity index (χ2n) is 13.4. The van der Waals surface area contributed by atoms with E-state index in [4.69, 9.17) is 4.74 Å². The summed E-state index contributed by atoms with van der Waals surface area (Å²) in [7, 11) is 0. The maximum atomic E-state index is 13.0. The number of nitrogens with zero attached hydrogens (tertiary/aromatic N) is 1. The summed E-state index contributed by atoms with van der Waals surface area (Å²) >= 11 is 0. The van der Waals surface area contributed by atoms with Crippen LogP contribution < -0.4 is 0 Å². The first-order valence-corrected chi connectivity index (χ1v) is 15.3. The average molecular weight is 504 g/mol. The molecule has 0 aromatic carbocycles. The summed E-state index contributed by atoms with van der Waals surface area (Å²) in [5, 5.41) is 11.8. The van der Waals surface area contributed by atoms with E-state index in [1.807, 2.05) is 11.8 Å². The number of ether oxygens (including phenoxy) is 1. The molecule has 206 valence electrons. The van der Waals surface area contributed by atoms with Gasteiger partial charge in [-0.05, 0) is 93.3 Å². The van der Waals surface area contributed by atoms with Gasteiger partial charge in [0.1, 0.15) is 5.78 Å². The average Bonchev–Trinajstić information content (AvgIpc) is 3.15. The van der Waals surface area contributed by atoms with Crippen molar-refractivity contribution < 1.29 is 19.4 Å². The first kappa shape index (κ1) is 28.1. The molecule has 0 aliphatic heterocycles. The van der Waals surface area contributed by atoms with Gasteiger partial charge in [-0.1, -0.05) is 40.5 Å². The van der Waals surface area contributed by atoms with E-state index < -0.39 is 5.60 Å². The van der Waals surface area contributed by atoms with Crippen LogP contribution in [0.3, 0.4) is 0 Å². The first-order valence-electron chi connectivity index (χ1n) is 15.3. The topological polar surface area (TPSA) is 66.8 Å². The number of hydrogen-bond donors (Lipinski definition) is 1. The Labute approximate surface area is 220 Å². The lowest BCUT2D eigenvalue weighted by atomic mass is 9.44. The molecule has 0 heterocycles. The summed E-state index contributed by atoms with van der Waals surface area (Å²) in [6.07, 6.45) is 13.9. The minimum atomic E-state index is -0.796. The maximum Gasteiger partial charge on any atom is 0.222 e. The van der Waals surface area contributed by atoms with E-state index >= 15 is 0 Å². The molecule has 0 saturated heterocycles. The van der Waals surface area contributed by atoms with Gasteiger partial charge in [0.15, 0.2) is 0 Å². The minimum Gasteiger partial charge on any atom is -0.388 e. The van der Waals surface area contributed by atoms with Crippen molar-refractivity contribution in [2.45, 2.75) is 123 Å². The molecule has 1 N–H and O–H groups in total. The lowest BCUT2D eigenvalue weighted by molar-refractivity contribution is -0.161. The fourth-order valence-electron chi connectivity index (χ4n) is 8.99. The van der Waals surface area contributed by atoms with Crippen molar-refractivity contribution in [3.8, 4) is 0 Å². The number of hydrogen-bond acceptors (Lipinski definition) is 4. The number of Topliss-reactive ketones (excluding diaryl/α,β-unsaturated/α-hetero) is 1. The highest BCUT2D eigenvalue weighted by atomic mass is 16.5. The predicted octanol–water partition coefficient (Wildman–Crippen LogP) is 6.16. The Balaban J connectivity index is 1.39. The number of aliphatic hydroxyl groups is 1. The highest BCUT2D eigenvalue weighted by molar-refractivity contribution is 5.87. The zero-order chi connectivity index (χ0) is 26.0. The Kier molecular flexibility index (Phi) is 8.92. The third kappa shape index (κ3) is 5.44. The molecule has 4 fully saturated rings. The molecule has 1 amide bonds. The summed E-state index contributed by atoms with van der Waals surface area (Å²) in [6, 6.07) is 0. The SMILES string of the molecule is CCCCCOCCN(C[C@@]1(O)CC[C@@]2(C)[C@@H](CC[C@@H]3[C@@H]2CC[C@]2(C)C(=O)CC[C@@H]32)C1)C(=O)CCC. The fraction of sp³-hybridized carbons (Fsp3) is 0.935. The number of carbonyl (C=O) groups excluding carboxylic acids is 2. The van der Waals surface area contributed by atoms with Gasteiger partial charge >= 0.3 is 0 Å². The third-order valence-electron chi connectivity index (χ3n) is 11.2. The van der Waals surface area contributed by atoms with Gasteiger partial charge in [-0.25, -0.2) is 0 Å². The zero-order valence-corrected chi connectivity index (χ0v) is 23.7. The number of fused-ring (bicyclic) bond motifs is 5. The molecular formula is C31H53NO4. The second kappa shape index (κ2) is 11.4. The Morgan fingerprint density at radius 2 is 1.81 bits per heavy atom. The minimum absolute atomic E-state index is 0.0709. The van der Waals surface area contributed by atoms with Crippen LogP contribution in [-0.4, -0.2) is 53.6 Å². The van der Waals surface area contributed by atoms with Gasteiger partial charge in [0.05, 0.1) is 12.2 Å². The molecule has 5 nitrogen and oxygen atoms in total. The quantitative estimate of drug-likeness (QED) is 0.343. The Bertz CT molecular complexity index is 785. The van der Waals surface area contributed by atoms with Crippen molar-refractivity contribution in [3.05, 3.63) is 0 Å². The summed E-state index contributed by atoms with van der Waals surface area (Å²) in [4.78, 5) is 27.6. The van der Waals surface area contributed by atoms with Crippen LogP contribution in [0.4, 0.5) is 0 Å². The van der Waals surface area contributed by atoms with E-state index in [1.165, 1.54) is 25.7 Å². The lowest BCUT2D eigenvalue weighted by Gasteiger charge is -2.61. The van der Waals surface area contributed by atoms with E-state index in [-0.39, 0.29) is 16.7 Å². The van der Waals surface area contributed by atoms with Crippen molar-refractivity contribution >= 4 is 11.7 Å². The molecule has 0 aromatic rings. The molecule has 5 heteroatoms. The molecule has 7 atom stereocenters. The molecule has 36 heavy (non-hydrogen) atoms. The molecule has 4 saturated carbocycles. The largest absolute Gasteiger partial charge is 0.388 e. The number of amides is 1. The van der Waals surface area contributed by atoms with E-state index in [1.54, 1.807) is 0 Å². The van der Waals surface area contributed by atoms with Crippen LogP contribution in [0.1, 0.15) is 118 Å². The Morgan fingerprint density at radius 1 is 1.00 bits per heavy atom. The highest BCUT2D eigenvalue weighted by Gasteiger charge is 2.61. The van der Waals surface area contributed by atoms with Crippen LogP contribution in [0.15, 0.2) is 0 Å². The van der Waals surface area contributed by atoms with Crippen molar-refractivity contribution in [2.24, 2.45) is 34.5 Å².